The van der Waals surface area contributed by atoms with Gasteiger partial charge < -0.3 is 0 Å². The van der Waals surface area contributed by atoms with Gasteiger partial charge in [-0.25, -0.2) is 0 Å². The van der Waals surface area contributed by atoms with Crippen LogP contribution in [0.5, 0.6) is 0 Å². The Kier molecular flexibility index (Phi) is 5.35. The summed E-state index contributed by atoms with van der Waals surface area (Å²) in [5.41, 5.74) is 1.22. The van der Waals surface area contributed by atoms with Crippen molar-refractivity contribution in [3.8, 4) is 19.5 Å². The molecule has 0 unspecified atom stereocenters. The van der Waals surface area contributed by atoms with Gasteiger partial charge in [-0.1, -0.05) is 72.8 Å². The highest BCUT2D eigenvalue weighted by Gasteiger charge is 2.22. The van der Waals surface area contributed by atoms with Gasteiger partial charge in [-0.3, -0.25) is 4.90 Å². The van der Waals surface area contributed by atoms with Crippen LogP contribution in [0.25, 0.3) is 62.6 Å². The molecule has 0 N–H and O–H groups in total. The molecule has 0 aliphatic carbocycles. The highest BCUT2D eigenvalue weighted by Crippen LogP contribution is 2.50. The van der Waals surface area contributed by atoms with Gasteiger partial charge in [-0.15, -0.1) is 45.3 Å². The summed E-state index contributed by atoms with van der Waals surface area (Å²) in [7, 11) is 0. The van der Waals surface area contributed by atoms with E-state index in [0.717, 1.165) is 0 Å². The average Bonchev–Trinajstić information content (AvgIpc) is 3.84. The van der Waals surface area contributed by atoms with Crippen LogP contribution in [0.1, 0.15) is 0 Å². The fourth-order valence-corrected chi connectivity index (χ4v) is 9.96. The predicted octanol–water partition coefficient (Wildman–Crippen LogP) is 12.8. The van der Waals surface area contributed by atoms with Crippen molar-refractivity contribution in [3.05, 3.63) is 126 Å². The monoisotopic (exact) mass is 595 g/mol. The largest absolute Gasteiger partial charge is 0.292 e. The van der Waals surface area contributed by atoms with Crippen LogP contribution in [-0.2, 0) is 0 Å². The number of fused-ring (bicyclic) bond motifs is 2. The number of nitrogens with zero attached hydrogens (tertiary/aromatic N) is 1. The lowest BCUT2D eigenvalue weighted by Crippen LogP contribution is -2.07. The molecule has 0 spiro atoms. The van der Waals surface area contributed by atoms with Crippen molar-refractivity contribution in [2.75, 3.05) is 4.90 Å². The van der Waals surface area contributed by atoms with Gasteiger partial charge in [0, 0.05) is 24.9 Å². The second-order valence-electron chi connectivity index (χ2n) is 10.1. The lowest BCUT2D eigenvalue weighted by molar-refractivity contribution is 1.38. The van der Waals surface area contributed by atoms with E-state index < -0.39 is 0 Å². The third kappa shape index (κ3) is 3.63. The molecule has 9 rings (SSSR count). The fourth-order valence-electron chi connectivity index (χ4n) is 6.17. The summed E-state index contributed by atoms with van der Waals surface area (Å²) in [4.78, 5) is 7.71. The third-order valence-corrected chi connectivity index (χ3v) is 12.2. The topological polar surface area (TPSA) is 3.24 Å². The lowest BCUT2D eigenvalue weighted by atomic mass is 9.89. The normalized spacial score (nSPS) is 11.9. The maximum absolute atomic E-state index is 2.48. The van der Waals surface area contributed by atoms with Gasteiger partial charge in [0.05, 0.1) is 5.69 Å². The molecule has 0 bridgehead atoms. The number of anilines is 3. The molecule has 41 heavy (non-hydrogen) atoms. The molecular weight excluding hydrogens is 575 g/mol. The van der Waals surface area contributed by atoms with E-state index in [0.29, 0.717) is 0 Å². The minimum absolute atomic E-state index is 1.22. The number of hydrogen-bond acceptors (Lipinski definition) is 5. The zero-order valence-corrected chi connectivity index (χ0v) is 25.0. The van der Waals surface area contributed by atoms with Crippen molar-refractivity contribution in [3.63, 3.8) is 0 Å². The Labute approximate surface area is 253 Å². The number of rotatable bonds is 5. The SMILES string of the molecule is c1csc(-c2ccc(N(c3ccc(-c4cccs4)s3)c3ccc4c5cccc6cccc(c7cccc3c74)c65)s2)c1. The van der Waals surface area contributed by atoms with Gasteiger partial charge in [-0.2, -0.15) is 0 Å². The van der Waals surface area contributed by atoms with E-state index in [1.165, 1.54) is 78.3 Å². The molecule has 1 nitrogen and oxygen atoms in total. The molecule has 5 aromatic carbocycles. The van der Waals surface area contributed by atoms with Gasteiger partial charge in [0.25, 0.3) is 0 Å². The van der Waals surface area contributed by atoms with Crippen molar-refractivity contribution in [1.82, 2.24) is 0 Å². The molecule has 0 radical (unpaired) electrons. The van der Waals surface area contributed by atoms with Gasteiger partial charge in [0.15, 0.2) is 0 Å². The first-order valence-corrected chi connectivity index (χ1v) is 16.9. The molecule has 0 amide bonds. The van der Waals surface area contributed by atoms with E-state index in [1.807, 2.05) is 22.7 Å². The summed E-state index contributed by atoms with van der Waals surface area (Å²) in [6, 6.07) is 42.7. The molecule has 0 aliphatic heterocycles. The van der Waals surface area contributed by atoms with Crippen LogP contribution in [0.15, 0.2) is 126 Å². The van der Waals surface area contributed by atoms with Crippen LogP contribution in [0, 0.1) is 0 Å². The van der Waals surface area contributed by atoms with Crippen LogP contribution < -0.4 is 4.90 Å². The molecule has 0 fully saturated rings. The zero-order chi connectivity index (χ0) is 26.9. The van der Waals surface area contributed by atoms with Crippen LogP contribution >= 0.6 is 45.3 Å². The zero-order valence-electron chi connectivity index (χ0n) is 21.7. The molecule has 5 heteroatoms. The molecule has 0 atom stereocenters. The van der Waals surface area contributed by atoms with Gasteiger partial charge in [0.1, 0.15) is 10.0 Å². The third-order valence-electron chi connectivity index (χ3n) is 7.90. The van der Waals surface area contributed by atoms with Gasteiger partial charge in [-0.05, 0) is 90.9 Å². The Hall–Kier alpha value is -4.00. The number of thiophene rings is 4. The second kappa shape index (κ2) is 9.26. The maximum atomic E-state index is 2.48. The van der Waals surface area contributed by atoms with Gasteiger partial charge >= 0.3 is 0 Å². The minimum atomic E-state index is 1.22. The molecule has 0 saturated carbocycles. The summed E-state index contributed by atoms with van der Waals surface area (Å²) < 4.78 is 0. The maximum Gasteiger partial charge on any atom is 0.101 e. The molecule has 4 aromatic heterocycles. The van der Waals surface area contributed by atoms with Crippen LogP contribution in [-0.4, -0.2) is 0 Å². The Morgan fingerprint density at radius 1 is 0.390 bits per heavy atom. The van der Waals surface area contributed by atoms with Crippen LogP contribution in [0.3, 0.4) is 0 Å². The van der Waals surface area contributed by atoms with E-state index in [-0.39, 0.29) is 0 Å². The standard InChI is InChI=1S/C36H21NS4/c1-6-22-7-2-9-24-26-14-15-28(27-11-3-10-25(36(26)27)23(8-1)35(22)24)37(33-18-16-31(40-33)29-12-4-20-38-29)34-19-17-32(41-34)30-13-5-21-39-30/h1-21H. The first-order chi connectivity index (χ1) is 20.3. The van der Waals surface area contributed by atoms with Crippen LogP contribution in [0.4, 0.5) is 15.7 Å². The van der Waals surface area contributed by atoms with Gasteiger partial charge in [0.2, 0.25) is 0 Å². The number of hydrogen-bond donors (Lipinski definition) is 0. The minimum Gasteiger partial charge on any atom is -0.292 e. The smallest absolute Gasteiger partial charge is 0.101 e. The van der Waals surface area contributed by atoms with Crippen LogP contribution in [0.2, 0.25) is 0 Å². The number of benzene rings is 5. The summed E-state index contributed by atoms with van der Waals surface area (Å²) in [6.45, 7) is 0. The second-order valence-corrected chi connectivity index (χ2v) is 14.2. The molecule has 194 valence electrons. The Bertz CT molecular complexity index is 2200. The summed E-state index contributed by atoms with van der Waals surface area (Å²) in [6.07, 6.45) is 0. The molecular formula is C36H21NS4. The Balaban J connectivity index is 1.33. The van der Waals surface area contributed by atoms with Crippen molar-refractivity contribution in [1.29, 1.82) is 0 Å². The van der Waals surface area contributed by atoms with E-state index in [2.05, 4.69) is 131 Å². The average molecular weight is 596 g/mol. The first-order valence-electron chi connectivity index (χ1n) is 13.5. The highest BCUT2D eigenvalue weighted by atomic mass is 32.1. The first kappa shape index (κ1) is 23.7. The molecule has 4 heterocycles. The van der Waals surface area contributed by atoms with E-state index in [1.54, 1.807) is 22.7 Å². The Morgan fingerprint density at radius 2 is 0.927 bits per heavy atom. The summed E-state index contributed by atoms with van der Waals surface area (Å²) in [5, 5.41) is 17.3. The lowest BCUT2D eigenvalue weighted by Gasteiger charge is -2.25. The van der Waals surface area contributed by atoms with E-state index >= 15 is 0 Å². The quantitative estimate of drug-likeness (QED) is 0.141. The van der Waals surface area contributed by atoms with Crippen molar-refractivity contribution in [2.45, 2.75) is 0 Å². The van der Waals surface area contributed by atoms with Crippen molar-refractivity contribution >= 4 is 104 Å². The molecule has 0 aliphatic rings. The highest BCUT2D eigenvalue weighted by molar-refractivity contribution is 7.25. The molecule has 0 saturated heterocycles. The summed E-state index contributed by atoms with van der Waals surface area (Å²) >= 11 is 7.32. The summed E-state index contributed by atoms with van der Waals surface area (Å²) in [5.74, 6) is 0. The van der Waals surface area contributed by atoms with E-state index in [4.69, 9.17) is 0 Å². The van der Waals surface area contributed by atoms with E-state index in [9.17, 15) is 0 Å². The van der Waals surface area contributed by atoms with Crippen molar-refractivity contribution in [2.24, 2.45) is 0 Å². The fraction of sp³-hybridized carbons (Fsp3) is 0. The molecule has 9 aromatic rings. The predicted molar refractivity (Wildman–Crippen MR) is 185 cm³/mol. The van der Waals surface area contributed by atoms with Crippen molar-refractivity contribution < 1.29 is 0 Å². The Morgan fingerprint density at radius 3 is 1.51 bits per heavy atom.